The lowest BCUT2D eigenvalue weighted by molar-refractivity contribution is 1.39. The van der Waals surface area contributed by atoms with Gasteiger partial charge >= 0.3 is 0 Å². The predicted octanol–water partition coefficient (Wildman–Crippen LogP) is 3.78. The van der Waals surface area contributed by atoms with Gasteiger partial charge in [0.1, 0.15) is 5.40 Å². The Hall–Kier alpha value is 0.0200. The summed E-state index contributed by atoms with van der Waals surface area (Å²) in [4.78, 5) is 0.932. The molecule has 0 amide bonds. The molecule has 1 aromatic carbocycles. The summed E-state index contributed by atoms with van der Waals surface area (Å²) in [6.07, 6.45) is 0. The van der Waals surface area contributed by atoms with Gasteiger partial charge < -0.3 is 0 Å². The Labute approximate surface area is 86.0 Å². The molecule has 0 N–H and O–H groups in total. The average molecular weight is 293 g/mol. The van der Waals surface area contributed by atoms with Crippen molar-refractivity contribution >= 4 is 43.6 Å². The molecule has 0 aliphatic heterocycles. The molecule has 1 nitrogen and oxygen atoms in total. The second-order valence-corrected chi connectivity index (χ2v) is 4.36. The van der Waals surface area contributed by atoms with Crippen molar-refractivity contribution in [2.45, 2.75) is 4.90 Å². The van der Waals surface area contributed by atoms with Crippen LogP contribution >= 0.6 is 43.6 Å². The molecule has 1 aromatic rings. The molecule has 0 aromatic heterocycles. The zero-order valence-electron chi connectivity index (χ0n) is 5.34. The van der Waals surface area contributed by atoms with E-state index in [4.69, 9.17) is 5.26 Å². The molecule has 0 spiro atoms. The maximum atomic E-state index is 8.41. The van der Waals surface area contributed by atoms with E-state index in [0.717, 1.165) is 25.6 Å². The van der Waals surface area contributed by atoms with E-state index in [1.807, 2.05) is 23.6 Å². The molecule has 56 valence electrons. The quantitative estimate of drug-likeness (QED) is 0.581. The number of hydrogen-bond acceptors (Lipinski definition) is 2. The van der Waals surface area contributed by atoms with Crippen molar-refractivity contribution in [3.63, 3.8) is 0 Å². The Morgan fingerprint density at radius 3 is 2.73 bits per heavy atom. The van der Waals surface area contributed by atoms with Crippen molar-refractivity contribution in [3.05, 3.63) is 27.1 Å². The highest BCUT2D eigenvalue weighted by atomic mass is 79.9. The van der Waals surface area contributed by atoms with E-state index in [1.54, 1.807) is 0 Å². The lowest BCUT2D eigenvalue weighted by atomic mass is 10.4. The largest absolute Gasteiger partial charge is 0.185 e. The summed E-state index contributed by atoms with van der Waals surface area (Å²) < 4.78 is 1.94. The van der Waals surface area contributed by atoms with Crippen LogP contribution in [0.5, 0.6) is 0 Å². The molecule has 0 atom stereocenters. The van der Waals surface area contributed by atoms with E-state index < -0.39 is 0 Å². The molecule has 11 heavy (non-hydrogen) atoms. The first-order valence-electron chi connectivity index (χ1n) is 2.75. The third-order valence-electron chi connectivity index (χ3n) is 1.05. The van der Waals surface area contributed by atoms with E-state index in [2.05, 4.69) is 31.9 Å². The number of halogens is 2. The van der Waals surface area contributed by atoms with Crippen molar-refractivity contribution in [2.24, 2.45) is 0 Å². The second kappa shape index (κ2) is 4.15. The molecular formula is C7H3Br2NS. The number of rotatable bonds is 1. The van der Waals surface area contributed by atoms with Gasteiger partial charge in [0.2, 0.25) is 0 Å². The molecule has 0 aliphatic carbocycles. The van der Waals surface area contributed by atoms with Crippen LogP contribution in [-0.4, -0.2) is 0 Å². The number of benzene rings is 1. The predicted molar refractivity (Wildman–Crippen MR) is 53.3 cm³/mol. The Balaban J connectivity index is 3.05. The number of thioether (sulfide) groups is 1. The fourth-order valence-electron chi connectivity index (χ4n) is 0.605. The molecular weight excluding hydrogens is 290 g/mol. The van der Waals surface area contributed by atoms with Crippen LogP contribution in [0.2, 0.25) is 0 Å². The van der Waals surface area contributed by atoms with Gasteiger partial charge in [-0.05, 0) is 45.9 Å². The normalized spacial score (nSPS) is 9.18. The van der Waals surface area contributed by atoms with Gasteiger partial charge in [0.05, 0.1) is 0 Å². The number of nitriles is 1. The first-order chi connectivity index (χ1) is 5.24. The molecule has 0 saturated heterocycles. The Kier molecular flexibility index (Phi) is 3.44. The fraction of sp³-hybridized carbons (Fsp3) is 0. The van der Waals surface area contributed by atoms with Crippen LogP contribution in [0.1, 0.15) is 0 Å². The third kappa shape index (κ3) is 2.51. The van der Waals surface area contributed by atoms with E-state index in [9.17, 15) is 0 Å². The van der Waals surface area contributed by atoms with Gasteiger partial charge in [0.25, 0.3) is 0 Å². The van der Waals surface area contributed by atoms with Crippen molar-refractivity contribution in [2.75, 3.05) is 0 Å². The van der Waals surface area contributed by atoms with Crippen molar-refractivity contribution in [1.82, 2.24) is 0 Å². The number of nitrogens with zero attached hydrogens (tertiary/aromatic N) is 1. The molecule has 0 heterocycles. The Morgan fingerprint density at radius 1 is 1.36 bits per heavy atom. The standard InChI is InChI=1S/C7H3Br2NS/c8-5-1-2-6(9)7(3-5)11-4-10/h1-3H. The highest BCUT2D eigenvalue weighted by Gasteiger charge is 1.99. The summed E-state index contributed by atoms with van der Waals surface area (Å²) >= 11 is 7.81. The summed E-state index contributed by atoms with van der Waals surface area (Å²) in [5, 5.41) is 10.4. The van der Waals surface area contributed by atoms with Gasteiger partial charge in [-0.2, -0.15) is 5.26 Å². The first-order valence-corrected chi connectivity index (χ1v) is 5.15. The topological polar surface area (TPSA) is 23.8 Å². The smallest absolute Gasteiger partial charge is 0.138 e. The van der Waals surface area contributed by atoms with Crippen LogP contribution in [0, 0.1) is 10.7 Å². The summed E-state index contributed by atoms with van der Waals surface area (Å²) in [6, 6.07) is 5.73. The maximum Gasteiger partial charge on any atom is 0.138 e. The van der Waals surface area contributed by atoms with E-state index >= 15 is 0 Å². The van der Waals surface area contributed by atoms with Gasteiger partial charge in [-0.1, -0.05) is 15.9 Å². The molecule has 0 fully saturated rings. The van der Waals surface area contributed by atoms with Gasteiger partial charge in [0.15, 0.2) is 0 Å². The number of hydrogen-bond donors (Lipinski definition) is 0. The second-order valence-electron chi connectivity index (χ2n) is 1.77. The SMILES string of the molecule is N#CSc1cc(Br)ccc1Br. The summed E-state index contributed by atoms with van der Waals surface area (Å²) in [5.74, 6) is 0. The summed E-state index contributed by atoms with van der Waals surface area (Å²) in [7, 11) is 0. The molecule has 0 radical (unpaired) electrons. The van der Waals surface area contributed by atoms with Crippen LogP contribution in [0.25, 0.3) is 0 Å². The summed E-state index contributed by atoms with van der Waals surface area (Å²) in [6.45, 7) is 0. The minimum atomic E-state index is 0.932. The average Bonchev–Trinajstić information content (AvgIpc) is 1.98. The lowest BCUT2D eigenvalue weighted by Crippen LogP contribution is -1.72. The molecule has 0 bridgehead atoms. The van der Waals surface area contributed by atoms with Crippen LogP contribution in [0.4, 0.5) is 0 Å². The van der Waals surface area contributed by atoms with Crippen molar-refractivity contribution in [3.8, 4) is 5.40 Å². The lowest BCUT2D eigenvalue weighted by Gasteiger charge is -1.97. The molecule has 0 aliphatic rings. The van der Waals surface area contributed by atoms with Gasteiger partial charge in [-0.15, -0.1) is 0 Å². The first kappa shape index (κ1) is 9.11. The number of thiocyanates is 1. The van der Waals surface area contributed by atoms with Gasteiger partial charge in [-0.3, -0.25) is 0 Å². The molecule has 0 unspecified atom stereocenters. The Morgan fingerprint density at radius 2 is 2.09 bits per heavy atom. The highest BCUT2D eigenvalue weighted by Crippen LogP contribution is 2.29. The minimum absolute atomic E-state index is 0.932. The molecule has 0 saturated carbocycles. The van der Waals surface area contributed by atoms with Crippen LogP contribution < -0.4 is 0 Å². The zero-order valence-corrected chi connectivity index (χ0v) is 9.33. The monoisotopic (exact) mass is 291 g/mol. The van der Waals surface area contributed by atoms with Gasteiger partial charge in [-0.25, -0.2) is 0 Å². The highest BCUT2D eigenvalue weighted by molar-refractivity contribution is 9.11. The van der Waals surface area contributed by atoms with Crippen LogP contribution in [0.3, 0.4) is 0 Å². The van der Waals surface area contributed by atoms with Crippen molar-refractivity contribution in [1.29, 1.82) is 5.26 Å². The van der Waals surface area contributed by atoms with Crippen LogP contribution in [0.15, 0.2) is 32.0 Å². The van der Waals surface area contributed by atoms with E-state index in [0.29, 0.717) is 0 Å². The Bertz CT molecular complexity index is 306. The van der Waals surface area contributed by atoms with Crippen molar-refractivity contribution < 1.29 is 0 Å². The van der Waals surface area contributed by atoms with E-state index in [1.165, 1.54) is 0 Å². The van der Waals surface area contributed by atoms with Crippen LogP contribution in [-0.2, 0) is 0 Å². The molecule has 4 heteroatoms. The molecule has 1 rings (SSSR count). The van der Waals surface area contributed by atoms with Gasteiger partial charge in [0, 0.05) is 13.8 Å². The van der Waals surface area contributed by atoms with E-state index in [-0.39, 0.29) is 0 Å². The maximum absolute atomic E-state index is 8.41. The minimum Gasteiger partial charge on any atom is -0.185 e. The third-order valence-corrected chi connectivity index (χ3v) is 3.15. The summed E-state index contributed by atoms with van der Waals surface area (Å²) in [5.41, 5.74) is 0. The zero-order chi connectivity index (χ0) is 8.27. The fourth-order valence-corrected chi connectivity index (χ4v) is 2.06.